The van der Waals surface area contributed by atoms with Crippen molar-refractivity contribution in [2.24, 2.45) is 0 Å². The minimum atomic E-state index is -1.23. The van der Waals surface area contributed by atoms with Crippen LogP contribution in [0.4, 0.5) is 0 Å². The van der Waals surface area contributed by atoms with Gasteiger partial charge < -0.3 is 25.9 Å². The SMILES string of the molecule is CC[N-]C.CC[N-]C.CC[N-]C.O=C([O-])c1ccn[nH]1.[Ti+4]. The van der Waals surface area contributed by atoms with Crippen molar-refractivity contribution in [3.8, 4) is 0 Å². The molecule has 1 N–H and O–H groups in total. The van der Waals surface area contributed by atoms with Crippen molar-refractivity contribution in [1.82, 2.24) is 10.2 Å². The molecule has 0 atom stereocenters. The van der Waals surface area contributed by atoms with Crippen LogP contribution in [0.2, 0.25) is 0 Å². The summed E-state index contributed by atoms with van der Waals surface area (Å²) in [6, 6.07) is 1.33. The standard InChI is InChI=1S/C4H4N2O2.3C3H8N.Ti/c7-4(8)3-1-2-5-6-3;3*1-3-4-2;/h1-2H,(H,5,6)(H,7,8);3*3H2,1-2H3;/q;3*-1;+4/p-1. The molecule has 21 heavy (non-hydrogen) atoms. The van der Waals surface area contributed by atoms with Crippen LogP contribution in [-0.2, 0) is 21.7 Å². The molecular formula is C13H27N5O2Ti. The maximum absolute atomic E-state index is 9.88. The van der Waals surface area contributed by atoms with Crippen LogP contribution in [0.1, 0.15) is 31.3 Å². The van der Waals surface area contributed by atoms with Crippen LogP contribution in [-0.4, -0.2) is 56.9 Å². The minimum absolute atomic E-state index is 0. The van der Waals surface area contributed by atoms with Crippen LogP contribution >= 0.6 is 0 Å². The minimum Gasteiger partial charge on any atom is -0.665 e. The Morgan fingerprint density at radius 3 is 1.52 bits per heavy atom. The Balaban J connectivity index is -0.0000000973. The molecule has 0 fully saturated rings. The Bertz CT molecular complexity index is 256. The van der Waals surface area contributed by atoms with Crippen LogP contribution in [0.3, 0.4) is 0 Å². The van der Waals surface area contributed by atoms with E-state index in [1.807, 2.05) is 20.8 Å². The number of carbonyl (C=O) groups excluding carboxylic acids is 1. The Hall–Kier alpha value is -0.726. The fourth-order valence-electron chi connectivity index (χ4n) is 0.370. The zero-order valence-electron chi connectivity index (χ0n) is 13.9. The number of hydrogen-bond donors (Lipinski definition) is 1. The van der Waals surface area contributed by atoms with Crippen molar-refractivity contribution in [2.45, 2.75) is 20.8 Å². The molecule has 0 aliphatic heterocycles. The summed E-state index contributed by atoms with van der Waals surface area (Å²) in [7, 11) is 5.42. The molecule has 0 aliphatic rings. The molecule has 1 rings (SSSR count). The number of carboxylic acids is 1. The van der Waals surface area contributed by atoms with Gasteiger partial charge in [-0.25, -0.2) is 0 Å². The molecule has 0 radical (unpaired) electrons. The number of aromatic nitrogens is 2. The number of rotatable bonds is 4. The number of aromatic amines is 1. The van der Waals surface area contributed by atoms with Gasteiger partial charge in [0, 0.05) is 6.20 Å². The molecule has 0 amide bonds. The molecule has 7 nitrogen and oxygen atoms in total. The molecule has 120 valence electrons. The number of nitrogens with zero attached hydrogens (tertiary/aromatic N) is 4. The van der Waals surface area contributed by atoms with Gasteiger partial charge in [0.2, 0.25) is 0 Å². The number of nitrogens with one attached hydrogen (secondary N) is 1. The van der Waals surface area contributed by atoms with E-state index in [0.29, 0.717) is 0 Å². The second-order valence-corrected chi connectivity index (χ2v) is 3.16. The van der Waals surface area contributed by atoms with E-state index >= 15 is 0 Å². The van der Waals surface area contributed by atoms with Gasteiger partial charge in [0.15, 0.2) is 0 Å². The predicted octanol–water partition coefficient (Wildman–Crippen LogP) is 1.80. The number of hydrogen-bond acceptors (Lipinski definition) is 3. The zero-order chi connectivity index (χ0) is 16.2. The summed E-state index contributed by atoms with van der Waals surface area (Å²) in [5, 5.41) is 26.7. The summed E-state index contributed by atoms with van der Waals surface area (Å²) in [6.07, 6.45) is 1.35. The van der Waals surface area contributed by atoms with Gasteiger partial charge >= 0.3 is 21.7 Å². The molecule has 0 bridgehead atoms. The van der Waals surface area contributed by atoms with Crippen molar-refractivity contribution >= 4 is 5.97 Å². The van der Waals surface area contributed by atoms with Gasteiger partial charge in [0.05, 0.1) is 11.7 Å². The van der Waals surface area contributed by atoms with Crippen molar-refractivity contribution in [2.75, 3.05) is 40.8 Å². The van der Waals surface area contributed by atoms with Crippen LogP contribution in [0.25, 0.3) is 16.0 Å². The number of aromatic carboxylic acids is 1. The molecule has 1 aromatic heterocycles. The van der Waals surface area contributed by atoms with Gasteiger partial charge in [0.25, 0.3) is 0 Å². The van der Waals surface area contributed by atoms with E-state index in [4.69, 9.17) is 0 Å². The van der Waals surface area contributed by atoms with E-state index in [2.05, 4.69) is 26.1 Å². The summed E-state index contributed by atoms with van der Waals surface area (Å²) in [5.74, 6) is -1.23. The molecule has 1 aromatic rings. The summed E-state index contributed by atoms with van der Waals surface area (Å²) >= 11 is 0. The van der Waals surface area contributed by atoms with E-state index in [-0.39, 0.29) is 27.4 Å². The summed E-state index contributed by atoms with van der Waals surface area (Å²) in [6.45, 7) is 8.88. The van der Waals surface area contributed by atoms with Crippen molar-refractivity contribution in [3.63, 3.8) is 0 Å². The number of H-pyrrole nitrogens is 1. The van der Waals surface area contributed by atoms with Gasteiger partial charge in [0.1, 0.15) is 0 Å². The summed E-state index contributed by atoms with van der Waals surface area (Å²) in [4.78, 5) is 9.88. The Labute approximate surface area is 143 Å². The quantitative estimate of drug-likeness (QED) is 0.848. The van der Waals surface area contributed by atoms with Gasteiger partial charge in [-0.1, -0.05) is 20.8 Å². The van der Waals surface area contributed by atoms with E-state index in [0.717, 1.165) is 19.6 Å². The Kier molecular flexibility index (Phi) is 37.4. The molecular weight excluding hydrogens is 306 g/mol. The van der Waals surface area contributed by atoms with E-state index in [9.17, 15) is 9.90 Å². The van der Waals surface area contributed by atoms with Crippen LogP contribution in [0.5, 0.6) is 0 Å². The first-order valence-corrected chi connectivity index (χ1v) is 6.42. The van der Waals surface area contributed by atoms with E-state index in [1.165, 1.54) is 12.3 Å². The molecule has 0 unspecified atom stereocenters. The maximum Gasteiger partial charge on any atom is 4.00 e. The summed E-state index contributed by atoms with van der Waals surface area (Å²) in [5.41, 5.74) is 0.00463. The summed E-state index contributed by atoms with van der Waals surface area (Å²) < 4.78 is 0. The first-order valence-electron chi connectivity index (χ1n) is 6.42. The Morgan fingerprint density at radius 2 is 1.43 bits per heavy atom. The molecule has 1 heterocycles. The zero-order valence-corrected chi connectivity index (χ0v) is 15.4. The monoisotopic (exact) mass is 333 g/mol. The molecule has 0 saturated carbocycles. The van der Waals surface area contributed by atoms with Crippen LogP contribution in [0.15, 0.2) is 12.3 Å². The third-order valence-corrected chi connectivity index (χ3v) is 1.67. The fraction of sp³-hybridized carbons (Fsp3) is 0.692. The topological polar surface area (TPSA) is 111 Å². The Morgan fingerprint density at radius 1 is 1.10 bits per heavy atom. The van der Waals surface area contributed by atoms with Gasteiger partial charge in [-0.15, -0.1) is 0 Å². The number of carbonyl (C=O) groups is 1. The van der Waals surface area contributed by atoms with E-state index in [1.54, 1.807) is 21.1 Å². The average Bonchev–Trinajstić information content (AvgIpc) is 3.02. The van der Waals surface area contributed by atoms with Gasteiger partial charge in [-0.05, 0) is 6.07 Å². The predicted molar refractivity (Wildman–Crippen MR) is 82.4 cm³/mol. The molecule has 0 aromatic carbocycles. The molecule has 0 aliphatic carbocycles. The van der Waals surface area contributed by atoms with Crippen molar-refractivity contribution in [3.05, 3.63) is 33.9 Å². The number of carboxylic acid groups (broad SMARTS) is 1. The molecule has 0 saturated heterocycles. The fourth-order valence-corrected chi connectivity index (χ4v) is 0.370. The largest absolute Gasteiger partial charge is 4.00 e. The van der Waals surface area contributed by atoms with Crippen LogP contribution < -0.4 is 5.11 Å². The van der Waals surface area contributed by atoms with Crippen molar-refractivity contribution < 1.29 is 31.6 Å². The second kappa shape index (κ2) is 27.6. The third-order valence-electron chi connectivity index (χ3n) is 1.67. The van der Waals surface area contributed by atoms with Gasteiger partial charge in [-0.3, -0.25) is 5.10 Å². The van der Waals surface area contributed by atoms with Crippen LogP contribution in [0, 0.1) is 0 Å². The molecule has 8 heteroatoms. The second-order valence-electron chi connectivity index (χ2n) is 3.16. The van der Waals surface area contributed by atoms with Crippen molar-refractivity contribution in [1.29, 1.82) is 0 Å². The third kappa shape index (κ3) is 32.6. The smallest absolute Gasteiger partial charge is 0.665 e. The van der Waals surface area contributed by atoms with E-state index < -0.39 is 5.97 Å². The maximum atomic E-state index is 9.88. The first-order chi connectivity index (χ1) is 9.55. The normalized spacial score (nSPS) is 7.71. The van der Waals surface area contributed by atoms with Gasteiger partial charge in [-0.2, -0.15) is 45.9 Å². The average molecular weight is 333 g/mol. The first kappa shape index (κ1) is 28.4. The molecule has 0 spiro atoms.